The molecule has 17 heavy (non-hydrogen) atoms. The summed E-state index contributed by atoms with van der Waals surface area (Å²) in [6, 6.07) is 1.54. The van der Waals surface area contributed by atoms with Gasteiger partial charge in [0.25, 0.3) is 10.0 Å². The first kappa shape index (κ1) is 13.3. The Bertz CT molecular complexity index is 497. The van der Waals surface area contributed by atoms with E-state index in [-0.39, 0.29) is 12.0 Å². The SMILES string of the molecule is Cc1cc(S(=O)(=O)N2CC(C)C(N)C2)sc1Cl. The van der Waals surface area contributed by atoms with Crippen molar-refractivity contribution in [2.75, 3.05) is 13.1 Å². The maximum Gasteiger partial charge on any atom is 0.252 e. The van der Waals surface area contributed by atoms with Gasteiger partial charge in [-0.3, -0.25) is 0 Å². The lowest BCUT2D eigenvalue weighted by atomic mass is 10.1. The van der Waals surface area contributed by atoms with Crippen LogP contribution in [0.2, 0.25) is 4.34 Å². The molecule has 7 heteroatoms. The Morgan fingerprint density at radius 1 is 1.53 bits per heavy atom. The average Bonchev–Trinajstić information content (AvgIpc) is 2.74. The van der Waals surface area contributed by atoms with Crippen molar-refractivity contribution in [2.24, 2.45) is 11.7 Å². The fourth-order valence-corrected chi connectivity index (χ4v) is 5.27. The number of aryl methyl sites for hydroxylation is 1. The van der Waals surface area contributed by atoms with Gasteiger partial charge in [-0.1, -0.05) is 18.5 Å². The summed E-state index contributed by atoms with van der Waals surface area (Å²) in [7, 11) is -3.42. The summed E-state index contributed by atoms with van der Waals surface area (Å²) in [4.78, 5) is 0. The summed E-state index contributed by atoms with van der Waals surface area (Å²) in [5.41, 5.74) is 6.65. The number of sulfonamides is 1. The van der Waals surface area contributed by atoms with Crippen LogP contribution in [-0.2, 0) is 10.0 Å². The van der Waals surface area contributed by atoms with E-state index in [2.05, 4.69) is 0 Å². The van der Waals surface area contributed by atoms with Gasteiger partial charge in [-0.15, -0.1) is 11.3 Å². The Kier molecular flexibility index (Phi) is 3.53. The monoisotopic (exact) mass is 294 g/mol. The highest BCUT2D eigenvalue weighted by molar-refractivity contribution is 7.91. The first-order chi connectivity index (χ1) is 7.82. The molecular weight excluding hydrogens is 280 g/mol. The van der Waals surface area contributed by atoms with E-state index in [0.717, 1.165) is 16.9 Å². The van der Waals surface area contributed by atoms with Crippen molar-refractivity contribution >= 4 is 33.0 Å². The zero-order valence-corrected chi connectivity index (χ0v) is 12.1. The van der Waals surface area contributed by atoms with Gasteiger partial charge in [0.2, 0.25) is 0 Å². The number of thiophene rings is 1. The molecule has 0 spiro atoms. The lowest BCUT2D eigenvalue weighted by Gasteiger charge is -2.14. The van der Waals surface area contributed by atoms with Gasteiger partial charge in [-0.05, 0) is 24.5 Å². The molecule has 1 aliphatic rings. The zero-order valence-electron chi connectivity index (χ0n) is 9.68. The second kappa shape index (κ2) is 4.51. The molecule has 0 saturated carbocycles. The Hall–Kier alpha value is -0.140. The van der Waals surface area contributed by atoms with E-state index in [9.17, 15) is 8.42 Å². The first-order valence-corrected chi connectivity index (χ1v) is 7.97. The molecule has 4 nitrogen and oxygen atoms in total. The van der Waals surface area contributed by atoms with E-state index in [1.807, 2.05) is 6.92 Å². The van der Waals surface area contributed by atoms with Gasteiger partial charge in [-0.25, -0.2) is 8.42 Å². The molecule has 1 aromatic heterocycles. The largest absolute Gasteiger partial charge is 0.326 e. The van der Waals surface area contributed by atoms with Crippen LogP contribution in [0.3, 0.4) is 0 Å². The third-order valence-electron chi connectivity index (χ3n) is 3.07. The maximum atomic E-state index is 12.3. The molecule has 0 amide bonds. The predicted molar refractivity (Wildman–Crippen MR) is 70.0 cm³/mol. The highest BCUT2D eigenvalue weighted by Crippen LogP contribution is 2.33. The van der Waals surface area contributed by atoms with Gasteiger partial charge < -0.3 is 5.73 Å². The third kappa shape index (κ3) is 2.37. The van der Waals surface area contributed by atoms with Crippen LogP contribution >= 0.6 is 22.9 Å². The summed E-state index contributed by atoms with van der Waals surface area (Å²) in [6.07, 6.45) is 0. The van der Waals surface area contributed by atoms with Crippen LogP contribution in [0.5, 0.6) is 0 Å². The van der Waals surface area contributed by atoms with Gasteiger partial charge in [0, 0.05) is 19.1 Å². The van der Waals surface area contributed by atoms with Crippen molar-refractivity contribution in [3.8, 4) is 0 Å². The van der Waals surface area contributed by atoms with E-state index < -0.39 is 10.0 Å². The molecule has 1 fully saturated rings. The van der Waals surface area contributed by atoms with E-state index in [4.69, 9.17) is 17.3 Å². The fourth-order valence-electron chi connectivity index (χ4n) is 1.83. The number of hydrogen-bond acceptors (Lipinski definition) is 4. The highest BCUT2D eigenvalue weighted by Gasteiger charge is 2.36. The molecule has 0 radical (unpaired) electrons. The molecule has 0 aromatic carbocycles. The van der Waals surface area contributed by atoms with Gasteiger partial charge >= 0.3 is 0 Å². The summed E-state index contributed by atoms with van der Waals surface area (Å²) in [5.74, 6) is 0.196. The Labute approximate surface area is 110 Å². The normalized spacial score (nSPS) is 26.6. The number of rotatable bonds is 2. The molecule has 0 aliphatic carbocycles. The van der Waals surface area contributed by atoms with E-state index >= 15 is 0 Å². The van der Waals surface area contributed by atoms with Crippen molar-refractivity contribution < 1.29 is 8.42 Å². The second-order valence-corrected chi connectivity index (χ2v) is 8.30. The topological polar surface area (TPSA) is 63.4 Å². The Morgan fingerprint density at radius 3 is 2.59 bits per heavy atom. The van der Waals surface area contributed by atoms with Crippen molar-refractivity contribution in [3.63, 3.8) is 0 Å². The van der Waals surface area contributed by atoms with Crippen LogP contribution in [0.15, 0.2) is 10.3 Å². The predicted octanol–water partition coefficient (Wildman–Crippen LogP) is 1.68. The summed E-state index contributed by atoms with van der Waals surface area (Å²) in [5, 5.41) is 0. The van der Waals surface area contributed by atoms with Crippen molar-refractivity contribution in [3.05, 3.63) is 16.0 Å². The first-order valence-electron chi connectivity index (χ1n) is 5.34. The number of hydrogen-bond donors (Lipinski definition) is 1. The van der Waals surface area contributed by atoms with Crippen LogP contribution in [-0.4, -0.2) is 31.9 Å². The summed E-state index contributed by atoms with van der Waals surface area (Å²) >= 11 is 7.02. The second-order valence-electron chi connectivity index (χ2n) is 4.49. The molecule has 2 atom stereocenters. The molecule has 0 bridgehead atoms. The zero-order chi connectivity index (χ0) is 12.8. The van der Waals surface area contributed by atoms with E-state index in [1.54, 1.807) is 13.0 Å². The standard InChI is InChI=1S/C10H15ClN2O2S2/c1-6-3-9(16-10(6)11)17(14,15)13-4-7(2)8(12)5-13/h3,7-8H,4-5,12H2,1-2H3. The molecule has 1 aliphatic heterocycles. The van der Waals surface area contributed by atoms with Crippen molar-refractivity contribution in [1.29, 1.82) is 0 Å². The molecule has 2 unspecified atom stereocenters. The fraction of sp³-hybridized carbons (Fsp3) is 0.600. The number of halogens is 1. The lowest BCUT2D eigenvalue weighted by molar-refractivity contribution is 0.466. The average molecular weight is 295 g/mol. The highest BCUT2D eigenvalue weighted by atomic mass is 35.5. The lowest BCUT2D eigenvalue weighted by Crippen LogP contribution is -2.31. The number of nitrogens with zero attached hydrogens (tertiary/aromatic N) is 1. The molecule has 1 saturated heterocycles. The molecule has 96 valence electrons. The third-order valence-corrected chi connectivity index (χ3v) is 6.90. The molecule has 1 aromatic rings. The molecule has 2 N–H and O–H groups in total. The van der Waals surface area contributed by atoms with Gasteiger partial charge in [0.1, 0.15) is 4.21 Å². The van der Waals surface area contributed by atoms with E-state index in [0.29, 0.717) is 21.6 Å². The smallest absolute Gasteiger partial charge is 0.252 e. The molecule has 2 rings (SSSR count). The quantitative estimate of drug-likeness (QED) is 0.902. The van der Waals surface area contributed by atoms with E-state index in [1.165, 1.54) is 4.31 Å². The minimum absolute atomic E-state index is 0.0821. The Morgan fingerprint density at radius 2 is 2.18 bits per heavy atom. The van der Waals surface area contributed by atoms with Gasteiger partial charge in [-0.2, -0.15) is 4.31 Å². The maximum absolute atomic E-state index is 12.3. The van der Waals surface area contributed by atoms with Crippen LogP contribution in [0, 0.1) is 12.8 Å². The number of nitrogens with two attached hydrogens (primary N) is 1. The van der Waals surface area contributed by atoms with Crippen LogP contribution in [0.4, 0.5) is 0 Å². The molecular formula is C10H15ClN2O2S2. The van der Waals surface area contributed by atoms with Gasteiger partial charge in [0.05, 0.1) is 4.34 Å². The van der Waals surface area contributed by atoms with Crippen LogP contribution in [0.1, 0.15) is 12.5 Å². The Balaban J connectivity index is 2.31. The minimum Gasteiger partial charge on any atom is -0.326 e. The molecule has 2 heterocycles. The van der Waals surface area contributed by atoms with Crippen molar-refractivity contribution in [2.45, 2.75) is 24.1 Å². The van der Waals surface area contributed by atoms with Gasteiger partial charge in [0.15, 0.2) is 0 Å². The van der Waals surface area contributed by atoms with Crippen molar-refractivity contribution in [1.82, 2.24) is 4.31 Å². The summed E-state index contributed by atoms with van der Waals surface area (Å²) in [6.45, 7) is 4.64. The van der Waals surface area contributed by atoms with Crippen LogP contribution < -0.4 is 5.73 Å². The summed E-state index contributed by atoms with van der Waals surface area (Å²) < 4.78 is 26.9. The minimum atomic E-state index is -3.42. The van der Waals surface area contributed by atoms with Crippen LogP contribution in [0.25, 0.3) is 0 Å².